The summed E-state index contributed by atoms with van der Waals surface area (Å²) in [6.45, 7) is 0.0979. The van der Waals surface area contributed by atoms with Crippen molar-refractivity contribution in [2.45, 2.75) is 0 Å². The second-order valence-electron chi connectivity index (χ2n) is 4.56. The molecule has 2 aromatic rings. The Bertz CT molecular complexity index is 866. The van der Waals surface area contributed by atoms with Gasteiger partial charge in [0, 0.05) is 0 Å². The Balaban J connectivity index is 0.000000653. The summed E-state index contributed by atoms with van der Waals surface area (Å²) < 4.78 is 34.3. The van der Waals surface area contributed by atoms with Crippen LogP contribution in [0.25, 0.3) is 11.2 Å². The fraction of sp³-hybridized carbons (Fsp3) is 0.375. The molecule has 2 aromatic heterocycles. The Kier molecular flexibility index (Phi) is 11.0. The molecule has 21 heteroatoms. The van der Waals surface area contributed by atoms with Gasteiger partial charge >= 0.3 is 23.2 Å². The molecule has 0 atom stereocenters. The second-order valence-corrected chi connectivity index (χ2v) is 8.20. The van der Waals surface area contributed by atoms with Crippen molar-refractivity contribution in [3.05, 3.63) is 12.7 Å². The molecule has 29 heavy (non-hydrogen) atoms. The maximum Gasteiger partial charge on any atom is 0.466 e. The van der Waals surface area contributed by atoms with Gasteiger partial charge in [-0.3, -0.25) is 4.57 Å². The Labute approximate surface area is 161 Å². The number of rotatable bonds is 6. The van der Waals surface area contributed by atoms with Crippen LogP contribution in [0.4, 0.5) is 5.82 Å². The quantitative estimate of drug-likeness (QED) is 0.147. The van der Waals surface area contributed by atoms with Crippen LogP contribution in [0.15, 0.2) is 12.7 Å². The lowest BCUT2D eigenvalue weighted by Gasteiger charge is -2.08. The molecule has 0 bridgehead atoms. The third kappa shape index (κ3) is 17.1. The Morgan fingerprint density at radius 2 is 1.41 bits per heavy atom. The van der Waals surface area contributed by atoms with Crippen LogP contribution in [0, 0.1) is 0 Å². The highest BCUT2D eigenvalue weighted by atomic mass is 31.2. The topological polar surface area (TPSA) is 301 Å². The zero-order valence-corrected chi connectivity index (χ0v) is 16.8. The molecule has 0 unspecified atom stereocenters. The summed E-state index contributed by atoms with van der Waals surface area (Å²) in [4.78, 5) is 77.2. The number of aromatic nitrogens is 4. The first-order valence-electron chi connectivity index (χ1n) is 6.73. The van der Waals surface area contributed by atoms with Crippen LogP contribution in [0.3, 0.4) is 0 Å². The normalized spacial score (nSPS) is 11.9. The van der Waals surface area contributed by atoms with E-state index < -0.39 is 29.6 Å². The third-order valence-corrected chi connectivity index (χ3v) is 2.57. The largest absolute Gasteiger partial charge is 0.466 e. The Hall–Kier alpha value is -1.52. The Morgan fingerprint density at radius 1 is 0.897 bits per heavy atom. The molecule has 0 fully saturated rings. The van der Waals surface area contributed by atoms with Gasteiger partial charge in [-0.2, -0.15) is 4.73 Å². The summed E-state index contributed by atoms with van der Waals surface area (Å²) >= 11 is 0. The number of imidazole rings is 1. The van der Waals surface area contributed by atoms with E-state index in [0.29, 0.717) is 11.2 Å². The summed E-state index contributed by atoms with van der Waals surface area (Å²) in [5, 5.41) is 0. The number of phosphoric acid groups is 2. The molecule has 0 spiro atoms. The van der Waals surface area contributed by atoms with E-state index in [-0.39, 0.29) is 19.0 Å². The highest BCUT2D eigenvalue weighted by Gasteiger charge is 2.12. The van der Waals surface area contributed by atoms with Gasteiger partial charge in [0.15, 0.2) is 11.3 Å². The van der Waals surface area contributed by atoms with Crippen LogP contribution < -0.4 is 10.6 Å². The molecule has 18 nitrogen and oxygen atoms in total. The average Bonchev–Trinajstić information content (AvgIpc) is 2.87. The van der Waals surface area contributed by atoms with Crippen molar-refractivity contribution < 1.29 is 62.4 Å². The second kappa shape index (κ2) is 11.6. The maximum atomic E-state index is 10.5. The van der Waals surface area contributed by atoms with Gasteiger partial charge in [-0.1, -0.05) is 0 Å². The van der Waals surface area contributed by atoms with Crippen molar-refractivity contribution in [1.29, 1.82) is 0 Å². The number of nitrogens with two attached hydrogens (primary N) is 1. The molecular weight excluding hydrogens is 467 g/mol. The number of hydrogen-bond acceptors (Lipinski definition) is 9. The molecule has 0 radical (unpaired) electrons. The van der Waals surface area contributed by atoms with Crippen molar-refractivity contribution in [3.63, 3.8) is 0 Å². The van der Waals surface area contributed by atoms with E-state index >= 15 is 0 Å². The van der Waals surface area contributed by atoms with E-state index in [4.69, 9.17) is 63.6 Å². The van der Waals surface area contributed by atoms with E-state index in [1.807, 2.05) is 0 Å². The van der Waals surface area contributed by atoms with Crippen molar-refractivity contribution in [1.82, 2.24) is 19.7 Å². The van der Waals surface area contributed by atoms with Crippen LogP contribution in [0.5, 0.6) is 0 Å². The Morgan fingerprint density at radius 3 is 1.90 bits per heavy atom. The minimum absolute atomic E-state index is 0.0192. The monoisotopic (exact) mass is 485 g/mol. The molecule has 0 aliphatic heterocycles. The summed E-state index contributed by atoms with van der Waals surface area (Å²) in [6.07, 6.45) is 2.01. The van der Waals surface area contributed by atoms with Gasteiger partial charge in [-0.15, -0.1) is 0 Å². The molecule has 0 amide bonds. The molecule has 0 saturated heterocycles. The maximum absolute atomic E-state index is 10.5. The predicted octanol–water partition coefficient (Wildman–Crippen LogP) is -2.87. The molecule has 168 valence electrons. The molecule has 0 saturated carbocycles. The fourth-order valence-electron chi connectivity index (χ4n) is 1.31. The number of nitrogen functional groups attached to an aromatic ring is 1. The molecule has 0 aliphatic rings. The van der Waals surface area contributed by atoms with E-state index in [1.165, 1.54) is 17.4 Å². The molecule has 0 aliphatic carbocycles. The first-order valence-corrected chi connectivity index (χ1v) is 11.7. The van der Waals surface area contributed by atoms with Gasteiger partial charge in [-0.05, 0) is 0 Å². The third-order valence-electron chi connectivity index (χ3n) is 2.05. The lowest BCUT2D eigenvalue weighted by atomic mass is 10.5. The fourth-order valence-corrected chi connectivity index (χ4v) is 1.67. The highest BCUT2D eigenvalue weighted by molar-refractivity contribution is 7.51. The van der Waals surface area contributed by atoms with Crippen molar-refractivity contribution in [3.8, 4) is 0 Å². The lowest BCUT2D eigenvalue weighted by molar-refractivity contribution is 0.0522. The van der Waals surface area contributed by atoms with E-state index in [0.717, 1.165) is 0 Å². The van der Waals surface area contributed by atoms with E-state index in [9.17, 15) is 4.57 Å². The number of fused-ring (bicyclic) bond motifs is 1. The molecular formula is C8H18N5O13P3. The first-order chi connectivity index (χ1) is 13.0. The van der Waals surface area contributed by atoms with Crippen LogP contribution in [0.2, 0.25) is 0 Å². The highest BCUT2D eigenvalue weighted by Crippen LogP contribution is 2.33. The van der Waals surface area contributed by atoms with Crippen molar-refractivity contribution in [2.75, 3.05) is 25.3 Å². The van der Waals surface area contributed by atoms with Gasteiger partial charge in [0.2, 0.25) is 5.65 Å². The average molecular weight is 485 g/mol. The van der Waals surface area contributed by atoms with Gasteiger partial charge in [0.05, 0.1) is 6.61 Å². The van der Waals surface area contributed by atoms with Crippen LogP contribution in [0.1, 0.15) is 0 Å². The minimum atomic E-state index is -4.64. The standard InChI is InChI=1S/C8H12N5O5P.2H3O4P/c9-7-6-8(11-3-10-7)13(4-12-6)18-2-1-17-5-19(14,15)16;2*1-5(2,3)4/h3-4H,1-2,5H2,(H2,9,10,11)(H2,14,15,16);2*(H3,1,2,3,4). The van der Waals surface area contributed by atoms with Crippen LogP contribution >= 0.6 is 23.2 Å². The summed E-state index contributed by atoms with van der Waals surface area (Å²) in [5.41, 5.74) is 6.42. The minimum Gasteiger partial charge on any atom is -0.408 e. The van der Waals surface area contributed by atoms with E-state index in [2.05, 4.69) is 15.0 Å². The molecule has 2 heterocycles. The lowest BCUT2D eigenvalue weighted by Crippen LogP contribution is -2.17. The zero-order chi connectivity index (χ0) is 22.9. The summed E-state index contributed by atoms with van der Waals surface area (Å²) in [5.74, 6) is 0.241. The summed E-state index contributed by atoms with van der Waals surface area (Å²) in [6, 6.07) is 0. The van der Waals surface area contributed by atoms with Crippen molar-refractivity contribution in [2.24, 2.45) is 0 Å². The first kappa shape index (κ1) is 27.5. The zero-order valence-electron chi connectivity index (χ0n) is 14.1. The van der Waals surface area contributed by atoms with Gasteiger partial charge in [0.25, 0.3) is 0 Å². The number of hydrogen-bond donors (Lipinski definition) is 9. The van der Waals surface area contributed by atoms with Crippen molar-refractivity contribution >= 4 is 40.2 Å². The van der Waals surface area contributed by atoms with Crippen LogP contribution in [-0.4, -0.2) is 78.4 Å². The SMILES string of the molecule is Nc1ncnc2c1ncn2OCCOCP(=O)(O)O.O=P(O)(O)O.O=P(O)(O)O. The smallest absolute Gasteiger partial charge is 0.408 e. The van der Waals surface area contributed by atoms with Gasteiger partial charge < -0.3 is 54.5 Å². The number of ether oxygens (including phenoxy) is 1. The number of anilines is 1. The van der Waals surface area contributed by atoms with Gasteiger partial charge in [-0.25, -0.2) is 24.1 Å². The molecule has 2 rings (SSSR count). The van der Waals surface area contributed by atoms with E-state index in [1.54, 1.807) is 0 Å². The molecule has 10 N–H and O–H groups in total. The van der Waals surface area contributed by atoms with Crippen LogP contribution in [-0.2, 0) is 18.4 Å². The number of nitrogens with zero attached hydrogens (tertiary/aromatic N) is 4. The van der Waals surface area contributed by atoms with Gasteiger partial charge in [0.1, 0.15) is 25.6 Å². The predicted molar refractivity (Wildman–Crippen MR) is 92.6 cm³/mol. The summed E-state index contributed by atoms with van der Waals surface area (Å²) in [7, 11) is -13.4. The molecule has 0 aromatic carbocycles.